The number of rotatable bonds is 5. The number of ether oxygens (including phenoxy) is 1. The van der Waals surface area contributed by atoms with Crippen molar-refractivity contribution in [3.8, 4) is 0 Å². The molecule has 0 saturated carbocycles. The summed E-state index contributed by atoms with van der Waals surface area (Å²) in [6.07, 6.45) is 3.31. The highest BCUT2D eigenvalue weighted by Crippen LogP contribution is 2.22. The van der Waals surface area contributed by atoms with Gasteiger partial charge in [0.1, 0.15) is 0 Å². The Morgan fingerprint density at radius 2 is 1.67 bits per heavy atom. The molecule has 4 heteroatoms. The van der Waals surface area contributed by atoms with Gasteiger partial charge in [0.2, 0.25) is 0 Å². The Kier molecular flexibility index (Phi) is 6.06. The lowest BCUT2D eigenvalue weighted by molar-refractivity contribution is 0.00143. The Bertz CT molecular complexity index is 306. The van der Waals surface area contributed by atoms with Crippen molar-refractivity contribution < 1.29 is 4.74 Å². The van der Waals surface area contributed by atoms with E-state index < -0.39 is 0 Å². The van der Waals surface area contributed by atoms with Gasteiger partial charge in [-0.25, -0.2) is 0 Å². The lowest BCUT2D eigenvalue weighted by Crippen LogP contribution is -2.54. The highest BCUT2D eigenvalue weighted by atomic mass is 16.5. The third-order valence-electron chi connectivity index (χ3n) is 4.73. The number of hydrogen-bond acceptors (Lipinski definition) is 4. The smallest absolute Gasteiger partial charge is 0.0707 e. The van der Waals surface area contributed by atoms with Crippen molar-refractivity contribution in [2.45, 2.75) is 71.2 Å². The predicted molar refractivity (Wildman–Crippen MR) is 88.8 cm³/mol. The van der Waals surface area contributed by atoms with Crippen LogP contribution in [0.1, 0.15) is 47.5 Å². The molecule has 124 valence electrons. The molecule has 0 aromatic carbocycles. The summed E-state index contributed by atoms with van der Waals surface area (Å²) >= 11 is 0. The Balaban J connectivity index is 1.66. The molecule has 4 nitrogen and oxygen atoms in total. The number of nitrogens with one attached hydrogen (secondary N) is 1. The first-order valence-corrected chi connectivity index (χ1v) is 8.71. The van der Waals surface area contributed by atoms with Gasteiger partial charge in [-0.3, -0.25) is 9.80 Å². The molecule has 0 amide bonds. The summed E-state index contributed by atoms with van der Waals surface area (Å²) < 4.78 is 6.19. The molecule has 2 saturated heterocycles. The molecule has 2 atom stereocenters. The normalized spacial score (nSPS) is 29.4. The number of hydrogen-bond donors (Lipinski definition) is 1. The van der Waals surface area contributed by atoms with Crippen LogP contribution < -0.4 is 5.32 Å². The van der Waals surface area contributed by atoms with Gasteiger partial charge in [-0.15, -0.1) is 0 Å². The third-order valence-corrected chi connectivity index (χ3v) is 4.73. The van der Waals surface area contributed by atoms with Crippen molar-refractivity contribution in [2.75, 3.05) is 39.3 Å². The summed E-state index contributed by atoms with van der Waals surface area (Å²) in [4.78, 5) is 5.18. The first-order valence-electron chi connectivity index (χ1n) is 8.71. The molecule has 2 rings (SSSR count). The van der Waals surface area contributed by atoms with E-state index in [2.05, 4.69) is 49.7 Å². The average molecular weight is 297 g/mol. The maximum absolute atomic E-state index is 6.19. The summed E-state index contributed by atoms with van der Waals surface area (Å²) in [6.45, 7) is 18.2. The second-order valence-electron chi connectivity index (χ2n) is 7.98. The van der Waals surface area contributed by atoms with Gasteiger partial charge < -0.3 is 10.1 Å². The summed E-state index contributed by atoms with van der Waals surface area (Å²) in [5, 5.41) is 3.49. The first kappa shape index (κ1) is 17.2. The van der Waals surface area contributed by atoms with Crippen molar-refractivity contribution in [3.63, 3.8) is 0 Å². The molecular weight excluding hydrogens is 262 g/mol. The van der Waals surface area contributed by atoms with E-state index in [4.69, 9.17) is 4.74 Å². The Hall–Kier alpha value is -0.160. The lowest BCUT2D eigenvalue weighted by Gasteiger charge is -2.42. The second kappa shape index (κ2) is 7.40. The van der Waals surface area contributed by atoms with Crippen LogP contribution in [-0.4, -0.2) is 72.9 Å². The monoisotopic (exact) mass is 297 g/mol. The molecule has 21 heavy (non-hydrogen) atoms. The van der Waals surface area contributed by atoms with Crippen LogP contribution in [0.3, 0.4) is 0 Å². The standard InChI is InChI=1S/C17H35N3O/c1-14(2)18-12-15-6-7-16(21-15)13-19-8-10-20(11-9-19)17(3,4)5/h14-16,18H,6-13H2,1-5H3. The van der Waals surface area contributed by atoms with E-state index in [9.17, 15) is 0 Å². The molecule has 2 unspecified atom stereocenters. The zero-order valence-electron chi connectivity index (χ0n) is 14.7. The van der Waals surface area contributed by atoms with E-state index in [0.717, 1.165) is 13.1 Å². The molecule has 2 aliphatic heterocycles. The second-order valence-corrected chi connectivity index (χ2v) is 7.98. The van der Waals surface area contributed by atoms with E-state index in [1.165, 1.54) is 39.0 Å². The highest BCUT2D eigenvalue weighted by Gasteiger charge is 2.30. The van der Waals surface area contributed by atoms with E-state index in [0.29, 0.717) is 23.8 Å². The fraction of sp³-hybridized carbons (Fsp3) is 1.00. The van der Waals surface area contributed by atoms with Crippen molar-refractivity contribution in [2.24, 2.45) is 0 Å². The predicted octanol–water partition coefficient (Wildman–Crippen LogP) is 1.95. The molecule has 0 bridgehead atoms. The Morgan fingerprint density at radius 1 is 1.05 bits per heavy atom. The third kappa shape index (κ3) is 5.51. The molecule has 2 heterocycles. The molecule has 2 fully saturated rings. The van der Waals surface area contributed by atoms with Crippen molar-refractivity contribution >= 4 is 0 Å². The Labute approximate surface area is 131 Å². The molecule has 0 aliphatic carbocycles. The number of piperazine rings is 1. The minimum Gasteiger partial charge on any atom is -0.372 e. The van der Waals surface area contributed by atoms with E-state index in [1.807, 2.05) is 0 Å². The zero-order valence-corrected chi connectivity index (χ0v) is 14.7. The van der Waals surface area contributed by atoms with E-state index >= 15 is 0 Å². The van der Waals surface area contributed by atoms with Crippen LogP contribution in [0, 0.1) is 0 Å². The lowest BCUT2D eigenvalue weighted by atomic mass is 10.0. The first-order chi connectivity index (χ1) is 9.84. The van der Waals surface area contributed by atoms with Gasteiger partial charge >= 0.3 is 0 Å². The van der Waals surface area contributed by atoms with Crippen LogP contribution in [0.5, 0.6) is 0 Å². The SMILES string of the molecule is CC(C)NCC1CCC(CN2CCN(C(C)(C)C)CC2)O1. The largest absolute Gasteiger partial charge is 0.372 e. The molecule has 0 radical (unpaired) electrons. The van der Waals surface area contributed by atoms with Gasteiger partial charge in [-0.05, 0) is 33.6 Å². The van der Waals surface area contributed by atoms with Crippen molar-refractivity contribution in [1.29, 1.82) is 0 Å². The van der Waals surface area contributed by atoms with E-state index in [1.54, 1.807) is 0 Å². The fourth-order valence-corrected chi connectivity index (χ4v) is 3.32. The number of nitrogens with zero attached hydrogens (tertiary/aromatic N) is 2. The fourth-order valence-electron chi connectivity index (χ4n) is 3.32. The average Bonchev–Trinajstić information content (AvgIpc) is 2.83. The van der Waals surface area contributed by atoms with Gasteiger partial charge in [-0.1, -0.05) is 13.8 Å². The summed E-state index contributed by atoms with van der Waals surface area (Å²) in [5.41, 5.74) is 0.309. The van der Waals surface area contributed by atoms with Crippen LogP contribution in [0.15, 0.2) is 0 Å². The van der Waals surface area contributed by atoms with Crippen LogP contribution >= 0.6 is 0 Å². The van der Waals surface area contributed by atoms with Crippen LogP contribution in [-0.2, 0) is 4.74 Å². The minimum absolute atomic E-state index is 0.309. The Morgan fingerprint density at radius 3 is 2.24 bits per heavy atom. The van der Waals surface area contributed by atoms with Gasteiger partial charge in [0.15, 0.2) is 0 Å². The van der Waals surface area contributed by atoms with Crippen LogP contribution in [0.2, 0.25) is 0 Å². The van der Waals surface area contributed by atoms with Gasteiger partial charge in [0.05, 0.1) is 12.2 Å². The highest BCUT2D eigenvalue weighted by molar-refractivity contribution is 4.84. The van der Waals surface area contributed by atoms with Gasteiger partial charge in [0.25, 0.3) is 0 Å². The van der Waals surface area contributed by atoms with Crippen LogP contribution in [0.25, 0.3) is 0 Å². The van der Waals surface area contributed by atoms with Crippen molar-refractivity contribution in [3.05, 3.63) is 0 Å². The van der Waals surface area contributed by atoms with Crippen molar-refractivity contribution in [1.82, 2.24) is 15.1 Å². The molecule has 1 N–H and O–H groups in total. The summed E-state index contributed by atoms with van der Waals surface area (Å²) in [7, 11) is 0. The molecular formula is C17H35N3O. The molecule has 2 aliphatic rings. The van der Waals surface area contributed by atoms with Gasteiger partial charge in [0, 0.05) is 50.8 Å². The minimum atomic E-state index is 0.309. The maximum Gasteiger partial charge on any atom is 0.0707 e. The molecule has 0 aromatic rings. The quantitative estimate of drug-likeness (QED) is 0.839. The van der Waals surface area contributed by atoms with Crippen LogP contribution in [0.4, 0.5) is 0 Å². The summed E-state index contributed by atoms with van der Waals surface area (Å²) in [5.74, 6) is 0. The maximum atomic E-state index is 6.19. The van der Waals surface area contributed by atoms with Gasteiger partial charge in [-0.2, -0.15) is 0 Å². The summed E-state index contributed by atoms with van der Waals surface area (Å²) in [6, 6.07) is 0.554. The van der Waals surface area contributed by atoms with E-state index in [-0.39, 0.29) is 0 Å². The topological polar surface area (TPSA) is 27.7 Å². The molecule has 0 aromatic heterocycles. The zero-order chi connectivity index (χ0) is 15.5. The molecule has 0 spiro atoms.